The number of sulfonamides is 1. The van der Waals surface area contributed by atoms with Gasteiger partial charge in [0.15, 0.2) is 0 Å². The van der Waals surface area contributed by atoms with E-state index >= 15 is 0 Å². The summed E-state index contributed by atoms with van der Waals surface area (Å²) in [7, 11) is -4.20. The van der Waals surface area contributed by atoms with Gasteiger partial charge < -0.3 is 10.2 Å². The van der Waals surface area contributed by atoms with Crippen LogP contribution in [0.5, 0.6) is 0 Å². The molecular formula is C34H34Cl3N3O4S. The second-order valence-electron chi connectivity index (χ2n) is 10.4. The Morgan fingerprint density at radius 3 is 2.07 bits per heavy atom. The van der Waals surface area contributed by atoms with E-state index in [2.05, 4.69) is 5.32 Å². The fraction of sp³-hybridized carbons (Fsp3) is 0.235. The molecule has 4 aromatic carbocycles. The number of amides is 2. The van der Waals surface area contributed by atoms with Gasteiger partial charge in [0.2, 0.25) is 11.8 Å². The van der Waals surface area contributed by atoms with Crippen molar-refractivity contribution >= 4 is 62.3 Å². The third-order valence-electron chi connectivity index (χ3n) is 7.16. The SMILES string of the molecule is CCCCNC(=O)[C@H](Cc1ccccc1)N(Cc1ccc(Cl)c(Cl)c1)C(=O)CN(c1ccc(Cl)cc1)S(=O)(=O)c1ccccc1. The molecule has 4 rings (SSSR count). The van der Waals surface area contributed by atoms with E-state index in [1.165, 1.54) is 29.2 Å². The lowest BCUT2D eigenvalue weighted by Gasteiger charge is -2.34. The van der Waals surface area contributed by atoms with Crippen LogP contribution in [0.2, 0.25) is 15.1 Å². The van der Waals surface area contributed by atoms with Crippen LogP contribution in [0.1, 0.15) is 30.9 Å². The van der Waals surface area contributed by atoms with Crippen LogP contribution in [0.15, 0.2) is 108 Å². The largest absolute Gasteiger partial charge is 0.354 e. The minimum Gasteiger partial charge on any atom is -0.354 e. The first kappa shape index (κ1) is 34.3. The molecule has 0 radical (unpaired) electrons. The normalized spacial score (nSPS) is 11.9. The number of hydrogen-bond acceptors (Lipinski definition) is 4. The van der Waals surface area contributed by atoms with Gasteiger partial charge in [-0.05, 0) is 66.1 Å². The first-order valence-corrected chi connectivity index (χ1v) is 17.1. The van der Waals surface area contributed by atoms with Crippen molar-refractivity contribution in [1.82, 2.24) is 10.2 Å². The molecule has 236 valence electrons. The fourth-order valence-corrected chi connectivity index (χ4v) is 6.63. The summed E-state index contributed by atoms with van der Waals surface area (Å²) in [5.74, 6) is -0.924. The Balaban J connectivity index is 1.79. The summed E-state index contributed by atoms with van der Waals surface area (Å²) < 4.78 is 29.0. The predicted molar refractivity (Wildman–Crippen MR) is 181 cm³/mol. The molecule has 4 aromatic rings. The van der Waals surface area contributed by atoms with Gasteiger partial charge in [0.05, 0.1) is 20.6 Å². The second-order valence-corrected chi connectivity index (χ2v) is 13.5. The van der Waals surface area contributed by atoms with E-state index < -0.39 is 28.5 Å². The van der Waals surface area contributed by atoms with Crippen molar-refractivity contribution < 1.29 is 18.0 Å². The minimum absolute atomic E-state index is 0.0157. The van der Waals surface area contributed by atoms with Crippen LogP contribution < -0.4 is 9.62 Å². The molecule has 0 bridgehead atoms. The molecule has 0 saturated carbocycles. The molecule has 0 spiro atoms. The highest BCUT2D eigenvalue weighted by Crippen LogP contribution is 2.27. The average molecular weight is 687 g/mol. The maximum Gasteiger partial charge on any atom is 0.264 e. The van der Waals surface area contributed by atoms with E-state index in [0.717, 1.165) is 22.7 Å². The van der Waals surface area contributed by atoms with Crippen LogP contribution >= 0.6 is 34.8 Å². The van der Waals surface area contributed by atoms with E-state index in [9.17, 15) is 18.0 Å². The number of rotatable bonds is 14. The molecule has 7 nitrogen and oxygen atoms in total. The van der Waals surface area contributed by atoms with Gasteiger partial charge in [-0.2, -0.15) is 0 Å². The van der Waals surface area contributed by atoms with Crippen LogP contribution in [0.4, 0.5) is 5.69 Å². The zero-order valence-corrected chi connectivity index (χ0v) is 27.8. The Kier molecular flexibility index (Phi) is 12.3. The summed E-state index contributed by atoms with van der Waals surface area (Å²) >= 11 is 18.6. The molecule has 0 aliphatic rings. The van der Waals surface area contributed by atoms with E-state index in [-0.39, 0.29) is 29.5 Å². The van der Waals surface area contributed by atoms with Crippen molar-refractivity contribution in [2.75, 3.05) is 17.4 Å². The van der Waals surface area contributed by atoms with Crippen molar-refractivity contribution in [3.63, 3.8) is 0 Å². The molecular weight excluding hydrogens is 653 g/mol. The number of hydrogen-bond donors (Lipinski definition) is 1. The van der Waals surface area contributed by atoms with Crippen molar-refractivity contribution in [2.24, 2.45) is 0 Å². The monoisotopic (exact) mass is 685 g/mol. The lowest BCUT2D eigenvalue weighted by molar-refractivity contribution is -0.140. The van der Waals surface area contributed by atoms with Gasteiger partial charge in [0.25, 0.3) is 10.0 Å². The highest BCUT2D eigenvalue weighted by molar-refractivity contribution is 7.92. The van der Waals surface area contributed by atoms with E-state index in [4.69, 9.17) is 34.8 Å². The maximum atomic E-state index is 14.4. The number of carbonyl (C=O) groups excluding carboxylic acids is 2. The van der Waals surface area contributed by atoms with Crippen molar-refractivity contribution in [3.05, 3.63) is 129 Å². The van der Waals surface area contributed by atoms with Gasteiger partial charge in [0.1, 0.15) is 12.6 Å². The summed E-state index contributed by atoms with van der Waals surface area (Å²) in [6.45, 7) is 1.86. The lowest BCUT2D eigenvalue weighted by atomic mass is 10.0. The molecule has 2 amide bonds. The van der Waals surface area contributed by atoms with E-state index in [1.54, 1.807) is 48.5 Å². The van der Waals surface area contributed by atoms with Crippen LogP contribution in [0, 0.1) is 0 Å². The number of halogens is 3. The molecule has 0 saturated heterocycles. The number of carbonyl (C=O) groups is 2. The van der Waals surface area contributed by atoms with E-state index in [0.29, 0.717) is 27.2 Å². The molecule has 0 aliphatic carbocycles. The molecule has 11 heteroatoms. The third-order valence-corrected chi connectivity index (χ3v) is 9.94. The number of benzene rings is 4. The Morgan fingerprint density at radius 1 is 0.800 bits per heavy atom. The summed E-state index contributed by atoms with van der Waals surface area (Å²) in [4.78, 5) is 29.7. The number of anilines is 1. The van der Waals surface area contributed by atoms with Gasteiger partial charge in [-0.1, -0.05) is 103 Å². The third kappa shape index (κ3) is 9.23. The predicted octanol–water partition coefficient (Wildman–Crippen LogP) is 7.40. The molecule has 0 aromatic heterocycles. The molecule has 0 aliphatic heterocycles. The summed E-state index contributed by atoms with van der Waals surface area (Å²) in [6, 6.07) is 27.4. The number of nitrogens with one attached hydrogen (secondary N) is 1. The van der Waals surface area contributed by atoms with Gasteiger partial charge >= 0.3 is 0 Å². The van der Waals surface area contributed by atoms with E-state index in [1.807, 2.05) is 37.3 Å². The topological polar surface area (TPSA) is 86.8 Å². The smallest absolute Gasteiger partial charge is 0.264 e. The van der Waals surface area contributed by atoms with Crippen LogP contribution in [-0.2, 0) is 32.6 Å². The Morgan fingerprint density at radius 2 is 1.44 bits per heavy atom. The van der Waals surface area contributed by atoms with Crippen molar-refractivity contribution in [2.45, 2.75) is 43.7 Å². The molecule has 0 fully saturated rings. The zero-order valence-electron chi connectivity index (χ0n) is 24.7. The van der Waals surface area contributed by atoms with Crippen LogP contribution in [0.25, 0.3) is 0 Å². The molecule has 0 unspecified atom stereocenters. The molecule has 1 atom stereocenters. The first-order valence-electron chi connectivity index (χ1n) is 14.5. The first-order chi connectivity index (χ1) is 21.6. The van der Waals surface area contributed by atoms with Gasteiger partial charge in [-0.15, -0.1) is 0 Å². The second kappa shape index (κ2) is 16.1. The minimum atomic E-state index is -4.20. The zero-order chi connectivity index (χ0) is 32.4. The quantitative estimate of drug-likeness (QED) is 0.140. The summed E-state index contributed by atoms with van der Waals surface area (Å²) in [6.07, 6.45) is 1.85. The summed E-state index contributed by atoms with van der Waals surface area (Å²) in [5.41, 5.74) is 1.71. The number of nitrogens with zero attached hydrogens (tertiary/aromatic N) is 2. The Hall–Kier alpha value is -3.56. The maximum absolute atomic E-state index is 14.4. The highest BCUT2D eigenvalue weighted by atomic mass is 35.5. The summed E-state index contributed by atoms with van der Waals surface area (Å²) in [5, 5.41) is 4.02. The molecule has 45 heavy (non-hydrogen) atoms. The standard InChI is InChI=1S/C34H34Cl3N3O4S/c1-2-3-20-38-34(42)32(22-25-10-6-4-7-11-25)39(23-26-14-19-30(36)31(37)21-26)33(41)24-40(28-17-15-27(35)16-18-28)45(43,44)29-12-8-5-9-13-29/h4-19,21,32H,2-3,20,22-24H2,1H3,(H,38,42)/t32-/m0/s1. The van der Waals surface area contributed by atoms with Crippen molar-refractivity contribution in [3.8, 4) is 0 Å². The molecule has 0 heterocycles. The fourth-order valence-electron chi connectivity index (χ4n) is 4.75. The average Bonchev–Trinajstić information content (AvgIpc) is 3.04. The molecule has 1 N–H and O–H groups in total. The van der Waals surface area contributed by atoms with Gasteiger partial charge in [0, 0.05) is 24.5 Å². The number of unbranched alkanes of at least 4 members (excludes halogenated alkanes) is 1. The van der Waals surface area contributed by atoms with Gasteiger partial charge in [-0.3, -0.25) is 13.9 Å². The van der Waals surface area contributed by atoms with Crippen LogP contribution in [-0.4, -0.2) is 44.3 Å². The highest BCUT2D eigenvalue weighted by Gasteiger charge is 2.34. The van der Waals surface area contributed by atoms with Crippen LogP contribution in [0.3, 0.4) is 0 Å². The lowest BCUT2D eigenvalue weighted by Crippen LogP contribution is -2.53. The Labute approximate surface area is 279 Å². The Bertz CT molecular complexity index is 1690. The van der Waals surface area contributed by atoms with Crippen molar-refractivity contribution in [1.29, 1.82) is 0 Å². The van der Waals surface area contributed by atoms with Gasteiger partial charge in [-0.25, -0.2) is 8.42 Å².